The van der Waals surface area contributed by atoms with Gasteiger partial charge in [0.05, 0.1) is 26.9 Å². The molecule has 0 aliphatic rings. The molecule has 3 aromatic rings. The molecular weight excluding hydrogens is 332 g/mol. The first-order chi connectivity index (χ1) is 11.5. The summed E-state index contributed by atoms with van der Waals surface area (Å²) in [6.07, 6.45) is 0. The van der Waals surface area contributed by atoms with Crippen molar-refractivity contribution in [2.75, 3.05) is 5.32 Å². The number of carboxylic acid groups (broad SMARTS) is 1. The average molecular weight is 343 g/mol. The van der Waals surface area contributed by atoms with E-state index < -0.39 is 10.9 Å². The second-order valence-electron chi connectivity index (χ2n) is 5.06. The number of nitrogens with zero attached hydrogens (tertiary/aromatic N) is 1. The van der Waals surface area contributed by atoms with Gasteiger partial charge in [0.25, 0.3) is 5.69 Å². The van der Waals surface area contributed by atoms with Gasteiger partial charge in [-0.2, -0.15) is 0 Å². The smallest absolute Gasteiger partial charge is 0.338 e. The number of hydrogen-bond donors (Lipinski definition) is 2. The van der Waals surface area contributed by atoms with Crippen LogP contribution in [-0.4, -0.2) is 16.0 Å². The molecule has 0 spiro atoms. The Bertz CT molecular complexity index is 972. The first-order valence-corrected chi connectivity index (χ1v) is 7.31. The number of hydrogen-bond acceptors (Lipinski definition) is 4. The molecule has 0 atom stereocenters. The Balaban J connectivity index is 2.14. The molecule has 0 amide bonds. The minimum absolute atomic E-state index is 0.201. The fourth-order valence-electron chi connectivity index (χ4n) is 2.44. The molecular formula is C17H11ClN2O4. The number of benzene rings is 3. The van der Waals surface area contributed by atoms with E-state index >= 15 is 0 Å². The van der Waals surface area contributed by atoms with Crippen LogP contribution in [0.15, 0.2) is 54.6 Å². The maximum Gasteiger partial charge on any atom is 0.338 e. The summed E-state index contributed by atoms with van der Waals surface area (Å²) in [4.78, 5) is 21.6. The summed E-state index contributed by atoms with van der Waals surface area (Å²) in [5.41, 5.74) is 0.285. The molecule has 7 heteroatoms. The molecule has 0 radical (unpaired) electrons. The highest BCUT2D eigenvalue weighted by atomic mass is 35.5. The second-order valence-corrected chi connectivity index (χ2v) is 5.47. The van der Waals surface area contributed by atoms with Crippen molar-refractivity contribution in [1.82, 2.24) is 0 Å². The van der Waals surface area contributed by atoms with Gasteiger partial charge in [0.2, 0.25) is 0 Å². The molecule has 0 saturated heterocycles. The zero-order valence-electron chi connectivity index (χ0n) is 12.2. The van der Waals surface area contributed by atoms with Gasteiger partial charge in [0.15, 0.2) is 0 Å². The number of fused-ring (bicyclic) bond motifs is 1. The van der Waals surface area contributed by atoms with Crippen LogP contribution in [0.5, 0.6) is 0 Å². The molecule has 0 aromatic heterocycles. The van der Waals surface area contributed by atoms with E-state index in [1.807, 2.05) is 30.3 Å². The fourth-order valence-corrected chi connectivity index (χ4v) is 2.65. The lowest BCUT2D eigenvalue weighted by Crippen LogP contribution is -2.04. The Kier molecular flexibility index (Phi) is 4.05. The normalized spacial score (nSPS) is 10.5. The molecule has 120 valence electrons. The summed E-state index contributed by atoms with van der Waals surface area (Å²) < 4.78 is 0. The number of nitro groups is 1. The predicted molar refractivity (Wildman–Crippen MR) is 92.3 cm³/mol. The van der Waals surface area contributed by atoms with Crippen LogP contribution in [-0.2, 0) is 0 Å². The quantitative estimate of drug-likeness (QED) is 0.522. The van der Waals surface area contributed by atoms with Gasteiger partial charge >= 0.3 is 5.97 Å². The summed E-state index contributed by atoms with van der Waals surface area (Å²) in [5.74, 6) is -1.27. The van der Waals surface area contributed by atoms with Crippen LogP contribution in [0, 0.1) is 10.1 Å². The minimum Gasteiger partial charge on any atom is -0.478 e. The zero-order chi connectivity index (χ0) is 17.3. The van der Waals surface area contributed by atoms with Gasteiger partial charge in [0, 0.05) is 17.5 Å². The van der Waals surface area contributed by atoms with Crippen LogP contribution >= 0.6 is 11.6 Å². The third-order valence-electron chi connectivity index (χ3n) is 3.58. The van der Waals surface area contributed by atoms with Crippen LogP contribution in [0.1, 0.15) is 10.4 Å². The molecule has 0 heterocycles. The van der Waals surface area contributed by atoms with Gasteiger partial charge in [0.1, 0.15) is 0 Å². The minimum atomic E-state index is -1.27. The van der Waals surface area contributed by atoms with Gasteiger partial charge in [-0.05, 0) is 17.5 Å². The number of rotatable bonds is 4. The fraction of sp³-hybridized carbons (Fsp3) is 0. The van der Waals surface area contributed by atoms with Crippen LogP contribution in [0.3, 0.4) is 0 Å². The van der Waals surface area contributed by atoms with Gasteiger partial charge in [-0.15, -0.1) is 0 Å². The average Bonchev–Trinajstić information content (AvgIpc) is 2.57. The van der Waals surface area contributed by atoms with E-state index in [-0.39, 0.29) is 16.9 Å². The van der Waals surface area contributed by atoms with E-state index in [0.29, 0.717) is 10.7 Å². The predicted octanol–water partition coefficient (Wildman–Crippen LogP) is 4.84. The van der Waals surface area contributed by atoms with E-state index in [1.54, 1.807) is 6.07 Å². The van der Waals surface area contributed by atoms with E-state index in [0.717, 1.165) is 16.8 Å². The lowest BCUT2D eigenvalue weighted by atomic mass is 10.1. The highest BCUT2D eigenvalue weighted by Gasteiger charge is 2.17. The maximum atomic E-state index is 11.4. The molecule has 0 unspecified atom stereocenters. The lowest BCUT2D eigenvalue weighted by molar-refractivity contribution is -0.384. The SMILES string of the molecule is O=C(O)c1cc([N+](=O)[O-])ccc1Nc1c(Cl)ccc2ccccc12. The number of non-ortho nitro benzene ring substituents is 1. The van der Waals surface area contributed by atoms with Crippen molar-refractivity contribution in [2.24, 2.45) is 0 Å². The molecule has 3 aromatic carbocycles. The number of halogens is 1. The first-order valence-electron chi connectivity index (χ1n) is 6.93. The Morgan fingerprint density at radius 1 is 1.12 bits per heavy atom. The monoisotopic (exact) mass is 342 g/mol. The summed E-state index contributed by atoms with van der Waals surface area (Å²) in [7, 11) is 0. The van der Waals surface area contributed by atoms with Crippen molar-refractivity contribution in [3.8, 4) is 0 Å². The Labute approximate surface area is 141 Å². The van der Waals surface area contributed by atoms with Crippen LogP contribution < -0.4 is 5.32 Å². The van der Waals surface area contributed by atoms with Crippen molar-refractivity contribution in [2.45, 2.75) is 0 Å². The maximum absolute atomic E-state index is 11.4. The molecule has 0 bridgehead atoms. The van der Waals surface area contributed by atoms with Crippen molar-refractivity contribution in [3.05, 3.63) is 75.3 Å². The molecule has 0 saturated carbocycles. The number of aromatic carboxylic acids is 1. The van der Waals surface area contributed by atoms with Crippen molar-refractivity contribution in [3.63, 3.8) is 0 Å². The number of nitro benzene ring substituents is 1. The first kappa shape index (κ1) is 15.8. The second kappa shape index (κ2) is 6.17. The van der Waals surface area contributed by atoms with Crippen LogP contribution in [0.25, 0.3) is 10.8 Å². The third kappa shape index (κ3) is 2.87. The summed E-state index contributed by atoms with van der Waals surface area (Å²) in [5, 5.41) is 25.4. The lowest BCUT2D eigenvalue weighted by Gasteiger charge is -2.13. The molecule has 6 nitrogen and oxygen atoms in total. The van der Waals surface area contributed by atoms with Crippen molar-refractivity contribution >= 4 is 45.4 Å². The molecule has 0 aliphatic heterocycles. The Morgan fingerprint density at radius 3 is 2.58 bits per heavy atom. The topological polar surface area (TPSA) is 92.5 Å². The Hall–Kier alpha value is -3.12. The number of carbonyl (C=O) groups is 1. The Morgan fingerprint density at radius 2 is 1.88 bits per heavy atom. The molecule has 0 aliphatic carbocycles. The summed E-state index contributed by atoms with van der Waals surface area (Å²) >= 11 is 6.25. The van der Waals surface area contributed by atoms with Crippen LogP contribution in [0.4, 0.5) is 17.1 Å². The summed E-state index contributed by atoms with van der Waals surface area (Å²) in [6, 6.07) is 14.7. The summed E-state index contributed by atoms with van der Waals surface area (Å²) in [6.45, 7) is 0. The van der Waals surface area contributed by atoms with E-state index in [9.17, 15) is 20.0 Å². The highest BCUT2D eigenvalue weighted by Crippen LogP contribution is 2.35. The molecule has 0 fully saturated rings. The number of anilines is 2. The van der Waals surface area contributed by atoms with E-state index in [4.69, 9.17) is 11.6 Å². The molecule has 2 N–H and O–H groups in total. The van der Waals surface area contributed by atoms with Gasteiger partial charge in [-0.3, -0.25) is 10.1 Å². The van der Waals surface area contributed by atoms with E-state index in [1.165, 1.54) is 12.1 Å². The van der Waals surface area contributed by atoms with Gasteiger partial charge in [-0.1, -0.05) is 41.9 Å². The molecule has 24 heavy (non-hydrogen) atoms. The molecule has 3 rings (SSSR count). The van der Waals surface area contributed by atoms with Gasteiger partial charge < -0.3 is 10.4 Å². The van der Waals surface area contributed by atoms with Crippen molar-refractivity contribution < 1.29 is 14.8 Å². The van der Waals surface area contributed by atoms with Gasteiger partial charge in [-0.25, -0.2) is 4.79 Å². The standard InChI is InChI=1S/C17H11ClN2O4/c18-14-7-5-10-3-1-2-4-12(10)16(14)19-15-8-6-11(20(23)24)9-13(15)17(21)22/h1-9,19H,(H,21,22). The van der Waals surface area contributed by atoms with Crippen molar-refractivity contribution in [1.29, 1.82) is 0 Å². The largest absolute Gasteiger partial charge is 0.478 e. The highest BCUT2D eigenvalue weighted by molar-refractivity contribution is 6.35. The zero-order valence-corrected chi connectivity index (χ0v) is 12.9. The van der Waals surface area contributed by atoms with Crippen LogP contribution in [0.2, 0.25) is 5.02 Å². The number of carboxylic acids is 1. The number of nitrogens with one attached hydrogen (secondary N) is 1. The third-order valence-corrected chi connectivity index (χ3v) is 3.90. The van der Waals surface area contributed by atoms with E-state index in [2.05, 4.69) is 5.32 Å².